The van der Waals surface area contributed by atoms with E-state index < -0.39 is 0 Å². The van der Waals surface area contributed by atoms with Crippen LogP contribution in [0.1, 0.15) is 0 Å². The predicted molar refractivity (Wildman–Crippen MR) is 229 cm³/mol. The Morgan fingerprint density at radius 3 is 1.62 bits per heavy atom. The number of fused-ring (bicyclic) bond motifs is 7. The van der Waals surface area contributed by atoms with Crippen LogP contribution in [0.25, 0.3) is 106 Å². The maximum atomic E-state index is 6.49. The Morgan fingerprint density at radius 2 is 0.946 bits per heavy atom. The van der Waals surface area contributed by atoms with Crippen molar-refractivity contribution in [1.82, 2.24) is 29.3 Å². The van der Waals surface area contributed by atoms with E-state index in [9.17, 15) is 0 Å². The molecule has 2 radical (unpaired) electrons. The first-order valence-corrected chi connectivity index (χ1v) is 18.5. The van der Waals surface area contributed by atoms with Crippen LogP contribution in [0, 0.1) is 0 Å². The minimum atomic E-state index is 0.611. The van der Waals surface area contributed by atoms with Gasteiger partial charge in [-0.1, -0.05) is 139 Å². The van der Waals surface area contributed by atoms with Gasteiger partial charge >= 0.3 is 0 Å². The van der Waals surface area contributed by atoms with Gasteiger partial charge < -0.3 is 0 Å². The van der Waals surface area contributed by atoms with Crippen LogP contribution in [0.3, 0.4) is 0 Å². The van der Waals surface area contributed by atoms with Gasteiger partial charge in [-0.15, -0.1) is 0 Å². The molecule has 258 valence electrons. The molecule has 0 atom stereocenters. The summed E-state index contributed by atoms with van der Waals surface area (Å²) >= 11 is 0. The molecule has 11 rings (SSSR count). The number of imidazole rings is 1. The summed E-state index contributed by atoms with van der Waals surface area (Å²) in [7, 11) is 6.49. The summed E-state index contributed by atoms with van der Waals surface area (Å²) in [5, 5.41) is 5.48. The Morgan fingerprint density at radius 1 is 0.393 bits per heavy atom. The SMILES string of the molecule is [B]c1cccc2nc(-c3ccc(-c4cccc(-c5nc(-c6ccc7ccccc7c6)nc(-c6ccc7ccccc7c6)n5)c4)cc3)c3c(nc4ccccn43)c12. The van der Waals surface area contributed by atoms with Crippen molar-refractivity contribution in [2.75, 3.05) is 0 Å². The van der Waals surface area contributed by atoms with Crippen molar-refractivity contribution in [2.45, 2.75) is 0 Å². The van der Waals surface area contributed by atoms with Crippen molar-refractivity contribution in [3.63, 3.8) is 0 Å². The molecule has 0 spiro atoms. The van der Waals surface area contributed by atoms with Crippen LogP contribution < -0.4 is 5.46 Å². The van der Waals surface area contributed by atoms with Crippen LogP contribution in [0.15, 0.2) is 176 Å². The fourth-order valence-corrected chi connectivity index (χ4v) is 7.76. The molecule has 0 fully saturated rings. The smallest absolute Gasteiger partial charge is 0.164 e. The lowest BCUT2D eigenvalue weighted by Gasteiger charge is -2.11. The minimum Gasteiger partial charge on any atom is -0.298 e. The molecule has 0 aliphatic rings. The first-order chi connectivity index (χ1) is 27.6. The Labute approximate surface area is 323 Å². The highest BCUT2D eigenvalue weighted by Crippen LogP contribution is 2.35. The minimum absolute atomic E-state index is 0.611. The Bertz CT molecular complexity index is 3240. The molecular weight excluding hydrogens is 683 g/mol. The molecule has 0 bridgehead atoms. The van der Waals surface area contributed by atoms with Crippen molar-refractivity contribution < 1.29 is 0 Å². The monoisotopic (exact) mass is 712 g/mol. The number of nitrogens with zero attached hydrogens (tertiary/aromatic N) is 6. The van der Waals surface area contributed by atoms with E-state index in [1.54, 1.807) is 0 Å². The second-order valence-corrected chi connectivity index (χ2v) is 14.0. The van der Waals surface area contributed by atoms with E-state index in [2.05, 4.69) is 138 Å². The van der Waals surface area contributed by atoms with Crippen molar-refractivity contribution in [3.05, 3.63) is 176 Å². The molecule has 7 aromatic carbocycles. The van der Waals surface area contributed by atoms with Gasteiger partial charge in [0.05, 0.1) is 16.7 Å². The van der Waals surface area contributed by atoms with Gasteiger partial charge in [-0.2, -0.15) is 0 Å². The Balaban J connectivity index is 1.02. The van der Waals surface area contributed by atoms with E-state index in [4.69, 9.17) is 32.8 Å². The lowest BCUT2D eigenvalue weighted by molar-refractivity contribution is 1.08. The number of rotatable bonds is 5. The summed E-state index contributed by atoms with van der Waals surface area (Å²) in [6.07, 6.45) is 2.03. The Hall–Kier alpha value is -7.51. The molecule has 7 heteroatoms. The van der Waals surface area contributed by atoms with E-state index in [1.807, 2.05) is 42.6 Å². The summed E-state index contributed by atoms with van der Waals surface area (Å²) in [5.74, 6) is 1.86. The highest BCUT2D eigenvalue weighted by atomic mass is 15.0. The fourth-order valence-electron chi connectivity index (χ4n) is 7.76. The van der Waals surface area contributed by atoms with Gasteiger partial charge in [-0.25, -0.2) is 24.9 Å². The zero-order valence-corrected chi connectivity index (χ0v) is 30.0. The zero-order chi connectivity index (χ0) is 37.2. The average Bonchev–Trinajstić information content (AvgIpc) is 3.65. The fraction of sp³-hybridized carbons (Fsp3) is 0. The number of hydrogen-bond donors (Lipinski definition) is 0. The van der Waals surface area contributed by atoms with Crippen molar-refractivity contribution >= 4 is 62.4 Å². The lowest BCUT2D eigenvalue weighted by atomic mass is 9.90. The molecule has 11 aromatic rings. The second kappa shape index (κ2) is 12.8. The Kier molecular flexibility index (Phi) is 7.32. The third-order valence-corrected chi connectivity index (χ3v) is 10.6. The van der Waals surface area contributed by atoms with Crippen molar-refractivity contribution in [1.29, 1.82) is 0 Å². The highest BCUT2D eigenvalue weighted by Gasteiger charge is 2.18. The van der Waals surface area contributed by atoms with E-state index >= 15 is 0 Å². The predicted octanol–water partition coefficient (Wildman–Crippen LogP) is 10.7. The van der Waals surface area contributed by atoms with Crippen LogP contribution in [0.4, 0.5) is 0 Å². The van der Waals surface area contributed by atoms with E-state index in [0.29, 0.717) is 22.9 Å². The van der Waals surface area contributed by atoms with Crippen molar-refractivity contribution in [2.24, 2.45) is 0 Å². The molecule has 0 aliphatic heterocycles. The molecule has 56 heavy (non-hydrogen) atoms. The maximum absolute atomic E-state index is 6.49. The molecule has 6 nitrogen and oxygen atoms in total. The van der Waals surface area contributed by atoms with Crippen LogP contribution in [-0.4, -0.2) is 37.2 Å². The average molecular weight is 713 g/mol. The maximum Gasteiger partial charge on any atom is 0.164 e. The number of pyridine rings is 2. The van der Waals surface area contributed by atoms with Crippen LogP contribution >= 0.6 is 0 Å². The highest BCUT2D eigenvalue weighted by molar-refractivity contribution is 6.41. The van der Waals surface area contributed by atoms with Gasteiger partial charge in [0, 0.05) is 33.8 Å². The first-order valence-electron chi connectivity index (χ1n) is 18.5. The molecule has 0 amide bonds. The summed E-state index contributed by atoms with van der Waals surface area (Å²) in [6, 6.07) is 58.2. The second-order valence-electron chi connectivity index (χ2n) is 14.0. The quantitative estimate of drug-likeness (QED) is 0.166. The summed E-state index contributed by atoms with van der Waals surface area (Å²) in [5.41, 5.74) is 10.8. The number of aromatic nitrogens is 6. The normalized spacial score (nSPS) is 11.6. The molecule has 0 unspecified atom stereocenters. The largest absolute Gasteiger partial charge is 0.298 e. The van der Waals surface area contributed by atoms with E-state index in [-0.39, 0.29) is 0 Å². The molecule has 0 aliphatic carbocycles. The van der Waals surface area contributed by atoms with Crippen LogP contribution in [0.2, 0.25) is 0 Å². The third-order valence-electron chi connectivity index (χ3n) is 10.6. The van der Waals surface area contributed by atoms with E-state index in [1.165, 1.54) is 10.8 Å². The molecule has 0 saturated carbocycles. The molecule has 4 aromatic heterocycles. The van der Waals surface area contributed by atoms with Gasteiger partial charge in [-0.3, -0.25) is 4.40 Å². The molecule has 0 saturated heterocycles. The van der Waals surface area contributed by atoms with Crippen LogP contribution in [-0.2, 0) is 0 Å². The summed E-state index contributed by atoms with van der Waals surface area (Å²) in [6.45, 7) is 0. The lowest BCUT2D eigenvalue weighted by Crippen LogP contribution is -2.05. The van der Waals surface area contributed by atoms with Gasteiger partial charge in [0.1, 0.15) is 19.0 Å². The first kappa shape index (κ1) is 32.0. The van der Waals surface area contributed by atoms with Gasteiger partial charge in [0.15, 0.2) is 17.5 Å². The zero-order valence-electron chi connectivity index (χ0n) is 30.0. The van der Waals surface area contributed by atoms with E-state index in [0.717, 1.165) is 77.4 Å². The summed E-state index contributed by atoms with van der Waals surface area (Å²) in [4.78, 5) is 25.4. The molecular formula is C49H29BN6. The molecule has 4 heterocycles. The number of hydrogen-bond acceptors (Lipinski definition) is 5. The van der Waals surface area contributed by atoms with Crippen LogP contribution in [0.5, 0.6) is 0 Å². The van der Waals surface area contributed by atoms with Gasteiger partial charge in [0.25, 0.3) is 0 Å². The molecule has 0 N–H and O–H groups in total. The topological polar surface area (TPSA) is 68.9 Å². The third kappa shape index (κ3) is 5.40. The van der Waals surface area contributed by atoms with Crippen molar-refractivity contribution in [3.8, 4) is 56.5 Å². The summed E-state index contributed by atoms with van der Waals surface area (Å²) < 4.78 is 2.09. The van der Waals surface area contributed by atoms with Gasteiger partial charge in [0.2, 0.25) is 0 Å². The standard InChI is InChI=1S/C49H29BN6/c50-40-15-8-16-41-43(40)45-46(56-26-6-5-17-42(56)52-45)44(51-41)33-22-18-32(19-23-33)36-13-7-14-37(27-36)47-53-48(38-24-20-30-9-1-3-11-34(30)28-38)55-49(54-47)39-25-21-31-10-2-4-12-35(31)29-39/h1-29H. The number of benzene rings is 7. The van der Waals surface area contributed by atoms with Gasteiger partial charge in [-0.05, 0) is 69.1 Å².